The quantitative estimate of drug-likeness (QED) is 0.827. The third-order valence-electron chi connectivity index (χ3n) is 3.61. The molecule has 2 atom stereocenters. The Morgan fingerprint density at radius 3 is 2.29 bits per heavy atom. The van der Waals surface area contributed by atoms with Crippen molar-refractivity contribution in [2.45, 2.75) is 43.8 Å². The molecule has 17 heavy (non-hydrogen) atoms. The fourth-order valence-electron chi connectivity index (χ4n) is 2.72. The molecular weight excluding hydrogens is 216 g/mol. The zero-order valence-electron chi connectivity index (χ0n) is 10.4. The van der Waals surface area contributed by atoms with E-state index in [1.807, 2.05) is 24.3 Å². The summed E-state index contributed by atoms with van der Waals surface area (Å²) in [5.41, 5.74) is -0.820. The van der Waals surface area contributed by atoms with Crippen molar-refractivity contribution < 1.29 is 14.9 Å². The molecule has 0 saturated heterocycles. The van der Waals surface area contributed by atoms with Gasteiger partial charge in [0, 0.05) is 6.42 Å². The average molecular weight is 236 g/mol. The maximum absolute atomic E-state index is 10.6. The van der Waals surface area contributed by atoms with E-state index in [0.717, 1.165) is 24.2 Å². The molecule has 1 saturated carbocycles. The van der Waals surface area contributed by atoms with Crippen LogP contribution in [0.4, 0.5) is 0 Å². The summed E-state index contributed by atoms with van der Waals surface area (Å²) in [6, 6.07) is 7.44. The summed E-state index contributed by atoms with van der Waals surface area (Å²) in [6.45, 7) is 1.79. The van der Waals surface area contributed by atoms with E-state index in [1.54, 1.807) is 14.0 Å². The minimum absolute atomic E-state index is 0.395. The second kappa shape index (κ2) is 4.31. The van der Waals surface area contributed by atoms with Crippen molar-refractivity contribution in [1.82, 2.24) is 0 Å². The van der Waals surface area contributed by atoms with Crippen LogP contribution in [0.15, 0.2) is 24.3 Å². The van der Waals surface area contributed by atoms with Gasteiger partial charge in [-0.1, -0.05) is 12.1 Å². The lowest BCUT2D eigenvalue weighted by molar-refractivity contribution is -0.0958. The maximum atomic E-state index is 10.6. The lowest BCUT2D eigenvalue weighted by atomic mass is 9.73. The fourth-order valence-corrected chi connectivity index (χ4v) is 2.72. The van der Waals surface area contributed by atoms with E-state index < -0.39 is 11.2 Å². The minimum Gasteiger partial charge on any atom is -0.497 e. The summed E-state index contributed by atoms with van der Waals surface area (Å²) >= 11 is 0. The molecule has 3 nitrogen and oxygen atoms in total. The normalized spacial score (nSPS) is 33.4. The first-order valence-corrected chi connectivity index (χ1v) is 6.05. The maximum Gasteiger partial charge on any atom is 0.118 e. The Balaban J connectivity index is 2.24. The van der Waals surface area contributed by atoms with Crippen LogP contribution < -0.4 is 4.74 Å². The number of hydrogen-bond donors (Lipinski definition) is 2. The number of benzene rings is 1. The number of ether oxygens (including phenoxy) is 1. The summed E-state index contributed by atoms with van der Waals surface area (Å²) in [4.78, 5) is 0. The number of methoxy groups -OCH3 is 1. The first-order chi connectivity index (χ1) is 7.95. The monoisotopic (exact) mass is 236 g/mol. The molecule has 0 heterocycles. The highest BCUT2D eigenvalue weighted by Crippen LogP contribution is 2.41. The van der Waals surface area contributed by atoms with Gasteiger partial charge >= 0.3 is 0 Å². The molecule has 0 radical (unpaired) electrons. The highest BCUT2D eigenvalue weighted by molar-refractivity contribution is 5.31. The van der Waals surface area contributed by atoms with E-state index in [1.165, 1.54) is 0 Å². The van der Waals surface area contributed by atoms with Gasteiger partial charge in [-0.15, -0.1) is 0 Å². The third kappa shape index (κ3) is 2.61. The Kier molecular flexibility index (Phi) is 3.15. The smallest absolute Gasteiger partial charge is 0.118 e. The summed E-state index contributed by atoms with van der Waals surface area (Å²) in [5.74, 6) is 0.778. The SMILES string of the molecule is COc1ccc(C2(O)CCCC(C)(O)C2)cc1. The number of aliphatic hydroxyl groups is 2. The topological polar surface area (TPSA) is 49.7 Å². The van der Waals surface area contributed by atoms with Gasteiger partial charge in [-0.25, -0.2) is 0 Å². The van der Waals surface area contributed by atoms with Gasteiger partial charge in [0.1, 0.15) is 5.75 Å². The largest absolute Gasteiger partial charge is 0.497 e. The molecule has 0 aliphatic heterocycles. The molecule has 94 valence electrons. The molecule has 0 spiro atoms. The van der Waals surface area contributed by atoms with Crippen molar-refractivity contribution >= 4 is 0 Å². The van der Waals surface area contributed by atoms with Crippen LogP contribution in [0.25, 0.3) is 0 Å². The van der Waals surface area contributed by atoms with E-state index in [2.05, 4.69) is 0 Å². The van der Waals surface area contributed by atoms with Gasteiger partial charge in [-0.3, -0.25) is 0 Å². The van der Waals surface area contributed by atoms with Crippen LogP contribution in [0.3, 0.4) is 0 Å². The molecule has 0 bridgehead atoms. The lowest BCUT2D eigenvalue weighted by Gasteiger charge is -2.40. The van der Waals surface area contributed by atoms with Crippen molar-refractivity contribution in [1.29, 1.82) is 0 Å². The summed E-state index contributed by atoms with van der Waals surface area (Å²) in [6.07, 6.45) is 2.70. The van der Waals surface area contributed by atoms with Gasteiger partial charge < -0.3 is 14.9 Å². The molecular formula is C14H20O3. The van der Waals surface area contributed by atoms with Crippen LogP contribution >= 0.6 is 0 Å². The molecule has 3 heteroatoms. The Morgan fingerprint density at radius 2 is 1.76 bits per heavy atom. The van der Waals surface area contributed by atoms with Crippen LogP contribution in [0, 0.1) is 0 Å². The van der Waals surface area contributed by atoms with Crippen molar-refractivity contribution in [3.8, 4) is 5.75 Å². The summed E-state index contributed by atoms with van der Waals surface area (Å²) < 4.78 is 5.10. The number of hydrogen-bond acceptors (Lipinski definition) is 3. The van der Waals surface area contributed by atoms with Gasteiger partial charge in [-0.2, -0.15) is 0 Å². The average Bonchev–Trinajstić information content (AvgIpc) is 2.27. The van der Waals surface area contributed by atoms with E-state index >= 15 is 0 Å². The predicted octanol–water partition coefficient (Wildman–Crippen LogP) is 2.21. The Morgan fingerprint density at radius 1 is 1.12 bits per heavy atom. The minimum atomic E-state index is -0.909. The molecule has 1 aliphatic rings. The Labute approximate surface area is 102 Å². The van der Waals surface area contributed by atoms with Crippen molar-refractivity contribution in [2.75, 3.05) is 7.11 Å². The van der Waals surface area contributed by atoms with E-state index in [-0.39, 0.29) is 0 Å². The second-order valence-electron chi connectivity index (χ2n) is 5.29. The van der Waals surface area contributed by atoms with Gasteiger partial charge in [0.2, 0.25) is 0 Å². The molecule has 1 fully saturated rings. The Hall–Kier alpha value is -1.06. The standard InChI is InChI=1S/C14H20O3/c1-13(15)8-3-9-14(16,10-13)11-4-6-12(17-2)7-5-11/h4-7,15-16H,3,8-10H2,1-2H3. The highest BCUT2D eigenvalue weighted by Gasteiger charge is 2.40. The zero-order valence-corrected chi connectivity index (χ0v) is 10.4. The summed E-state index contributed by atoms with van der Waals surface area (Å²) in [5, 5.41) is 20.7. The van der Waals surface area contributed by atoms with Gasteiger partial charge in [0.25, 0.3) is 0 Å². The van der Waals surface area contributed by atoms with Crippen LogP contribution in [0.5, 0.6) is 5.75 Å². The Bertz CT molecular complexity index is 383. The number of rotatable bonds is 2. The van der Waals surface area contributed by atoms with E-state index in [9.17, 15) is 10.2 Å². The predicted molar refractivity (Wildman–Crippen MR) is 66.0 cm³/mol. The molecule has 2 unspecified atom stereocenters. The summed E-state index contributed by atoms with van der Waals surface area (Å²) in [7, 11) is 1.62. The lowest BCUT2D eigenvalue weighted by Crippen LogP contribution is -2.41. The van der Waals surface area contributed by atoms with Crippen molar-refractivity contribution in [3.05, 3.63) is 29.8 Å². The van der Waals surface area contributed by atoms with E-state index in [4.69, 9.17) is 4.74 Å². The van der Waals surface area contributed by atoms with Crippen LogP contribution in [0.2, 0.25) is 0 Å². The van der Waals surface area contributed by atoms with Crippen LogP contribution in [0.1, 0.15) is 38.2 Å². The zero-order chi connectivity index (χ0) is 12.5. The van der Waals surface area contributed by atoms with Gasteiger partial charge in [0.05, 0.1) is 18.3 Å². The second-order valence-corrected chi connectivity index (χ2v) is 5.29. The molecule has 0 aromatic heterocycles. The third-order valence-corrected chi connectivity index (χ3v) is 3.61. The molecule has 2 N–H and O–H groups in total. The first-order valence-electron chi connectivity index (χ1n) is 6.05. The van der Waals surface area contributed by atoms with Gasteiger partial charge in [-0.05, 0) is 43.9 Å². The van der Waals surface area contributed by atoms with Crippen molar-refractivity contribution in [2.24, 2.45) is 0 Å². The highest BCUT2D eigenvalue weighted by atomic mass is 16.5. The van der Waals surface area contributed by atoms with Crippen LogP contribution in [-0.4, -0.2) is 22.9 Å². The molecule has 0 amide bonds. The van der Waals surface area contributed by atoms with Gasteiger partial charge in [0.15, 0.2) is 0 Å². The molecule has 1 aromatic rings. The molecule has 1 aliphatic carbocycles. The molecule has 2 rings (SSSR count). The van der Waals surface area contributed by atoms with Crippen LogP contribution in [-0.2, 0) is 5.60 Å². The van der Waals surface area contributed by atoms with E-state index in [0.29, 0.717) is 12.8 Å². The molecule has 1 aromatic carbocycles. The fraction of sp³-hybridized carbons (Fsp3) is 0.571. The first kappa shape index (κ1) is 12.4. The van der Waals surface area contributed by atoms with Crippen molar-refractivity contribution in [3.63, 3.8) is 0 Å².